The second-order valence-electron chi connectivity index (χ2n) is 6.21. The highest BCUT2D eigenvalue weighted by Crippen LogP contribution is 2.25. The number of aromatic nitrogens is 2. The molecule has 0 aliphatic rings. The number of esters is 1. The van der Waals surface area contributed by atoms with E-state index in [0.717, 1.165) is 12.1 Å². The van der Waals surface area contributed by atoms with Crippen LogP contribution in [0, 0.1) is 6.92 Å². The highest BCUT2D eigenvalue weighted by Gasteiger charge is 2.13. The van der Waals surface area contributed by atoms with E-state index >= 15 is 0 Å². The summed E-state index contributed by atoms with van der Waals surface area (Å²) in [6, 6.07) is 17.2. The zero-order chi connectivity index (χ0) is 19.9. The number of benzene rings is 2. The van der Waals surface area contributed by atoms with Crippen molar-refractivity contribution in [1.82, 2.24) is 9.97 Å². The molecule has 0 atom stereocenters. The molecule has 3 aromatic rings. The standard InChI is InChI=1S/C22H24N4O2/c1-4-16-10-6-8-12-18(16)25-20-14-21(24-15(3)23-20)26-19-13-9-7-11-17(19)22(27)28-5-2/h6-14H,4-5H2,1-3H3,(H2,23,24,25,26). The minimum Gasteiger partial charge on any atom is -0.462 e. The number of hydrogen-bond acceptors (Lipinski definition) is 6. The maximum absolute atomic E-state index is 12.2. The van der Waals surface area contributed by atoms with E-state index in [9.17, 15) is 4.79 Å². The zero-order valence-corrected chi connectivity index (χ0v) is 16.3. The van der Waals surface area contributed by atoms with E-state index < -0.39 is 0 Å². The first-order valence-electron chi connectivity index (χ1n) is 9.34. The molecule has 0 aliphatic carbocycles. The van der Waals surface area contributed by atoms with Gasteiger partial charge < -0.3 is 15.4 Å². The predicted octanol–water partition coefficient (Wildman–Crippen LogP) is 5.01. The molecule has 2 aromatic carbocycles. The highest BCUT2D eigenvalue weighted by atomic mass is 16.5. The lowest BCUT2D eigenvalue weighted by Gasteiger charge is -2.14. The Balaban J connectivity index is 1.88. The molecule has 28 heavy (non-hydrogen) atoms. The largest absolute Gasteiger partial charge is 0.462 e. The van der Waals surface area contributed by atoms with Gasteiger partial charge in [0, 0.05) is 11.8 Å². The van der Waals surface area contributed by atoms with Gasteiger partial charge >= 0.3 is 5.97 Å². The van der Waals surface area contributed by atoms with Crippen molar-refractivity contribution < 1.29 is 9.53 Å². The lowest BCUT2D eigenvalue weighted by Crippen LogP contribution is -2.09. The number of nitrogens with zero attached hydrogens (tertiary/aromatic N) is 2. The summed E-state index contributed by atoms with van der Waals surface area (Å²) in [6.45, 7) is 6.06. The van der Waals surface area contributed by atoms with E-state index in [4.69, 9.17) is 4.74 Å². The number of aryl methyl sites for hydroxylation is 2. The summed E-state index contributed by atoms with van der Waals surface area (Å²) in [4.78, 5) is 21.1. The Morgan fingerprint density at radius 3 is 2.21 bits per heavy atom. The van der Waals surface area contributed by atoms with Crippen LogP contribution in [0.3, 0.4) is 0 Å². The highest BCUT2D eigenvalue weighted by molar-refractivity contribution is 5.96. The third-order valence-electron chi connectivity index (χ3n) is 4.18. The van der Waals surface area contributed by atoms with E-state index in [1.165, 1.54) is 5.56 Å². The molecule has 0 radical (unpaired) electrons. The van der Waals surface area contributed by atoms with Gasteiger partial charge in [-0.25, -0.2) is 14.8 Å². The molecule has 0 amide bonds. The van der Waals surface area contributed by atoms with Crippen LogP contribution in [0.15, 0.2) is 54.6 Å². The molecule has 144 valence electrons. The lowest BCUT2D eigenvalue weighted by atomic mass is 10.1. The smallest absolute Gasteiger partial charge is 0.340 e. The summed E-state index contributed by atoms with van der Waals surface area (Å²) in [5, 5.41) is 6.58. The van der Waals surface area contributed by atoms with Gasteiger partial charge in [-0.3, -0.25) is 0 Å². The van der Waals surface area contributed by atoms with Crippen LogP contribution in [0.25, 0.3) is 0 Å². The molecule has 6 heteroatoms. The van der Waals surface area contributed by atoms with Crippen LogP contribution >= 0.6 is 0 Å². The molecular weight excluding hydrogens is 352 g/mol. The monoisotopic (exact) mass is 376 g/mol. The fourth-order valence-electron chi connectivity index (χ4n) is 2.90. The number of carbonyl (C=O) groups excluding carboxylic acids is 1. The maximum atomic E-state index is 12.2. The van der Waals surface area contributed by atoms with Crippen molar-refractivity contribution in [2.75, 3.05) is 17.2 Å². The Morgan fingerprint density at radius 1 is 0.929 bits per heavy atom. The fourth-order valence-corrected chi connectivity index (χ4v) is 2.90. The maximum Gasteiger partial charge on any atom is 0.340 e. The van der Waals surface area contributed by atoms with E-state index in [-0.39, 0.29) is 5.97 Å². The number of nitrogens with one attached hydrogen (secondary N) is 2. The van der Waals surface area contributed by atoms with Crippen molar-refractivity contribution >= 4 is 29.0 Å². The molecule has 0 fully saturated rings. The second-order valence-corrected chi connectivity index (χ2v) is 6.21. The van der Waals surface area contributed by atoms with Crippen molar-refractivity contribution in [3.05, 3.63) is 71.5 Å². The molecule has 0 saturated carbocycles. The molecule has 6 nitrogen and oxygen atoms in total. The third kappa shape index (κ3) is 4.65. The van der Waals surface area contributed by atoms with Crippen molar-refractivity contribution in [1.29, 1.82) is 0 Å². The quantitative estimate of drug-likeness (QED) is 0.565. The van der Waals surface area contributed by atoms with E-state index in [0.29, 0.717) is 35.3 Å². The number of anilines is 4. The first kappa shape index (κ1) is 19.4. The summed E-state index contributed by atoms with van der Waals surface area (Å²) < 4.78 is 5.13. The number of hydrogen-bond donors (Lipinski definition) is 2. The van der Waals surface area contributed by atoms with Gasteiger partial charge in [0.25, 0.3) is 0 Å². The van der Waals surface area contributed by atoms with E-state index in [1.54, 1.807) is 19.1 Å². The molecule has 1 heterocycles. The Bertz CT molecular complexity index is 972. The van der Waals surface area contributed by atoms with Crippen molar-refractivity contribution in [3.8, 4) is 0 Å². The Morgan fingerprint density at radius 2 is 1.54 bits per heavy atom. The summed E-state index contributed by atoms with van der Waals surface area (Å²) in [5.74, 6) is 1.53. The number of ether oxygens (including phenoxy) is 1. The van der Waals surface area contributed by atoms with Crippen LogP contribution in [-0.4, -0.2) is 22.5 Å². The molecule has 2 N–H and O–H groups in total. The molecular formula is C22H24N4O2. The van der Waals surface area contributed by atoms with Crippen LogP contribution in [-0.2, 0) is 11.2 Å². The third-order valence-corrected chi connectivity index (χ3v) is 4.18. The van der Waals surface area contributed by atoms with Crippen molar-refractivity contribution in [3.63, 3.8) is 0 Å². The summed E-state index contributed by atoms with van der Waals surface area (Å²) in [7, 11) is 0. The number of rotatable bonds is 7. The van der Waals surface area contributed by atoms with E-state index in [2.05, 4.69) is 33.6 Å². The van der Waals surface area contributed by atoms with Gasteiger partial charge in [-0.05, 0) is 44.0 Å². The van der Waals surface area contributed by atoms with Gasteiger partial charge in [-0.2, -0.15) is 0 Å². The van der Waals surface area contributed by atoms with Crippen LogP contribution in [0.4, 0.5) is 23.0 Å². The zero-order valence-electron chi connectivity index (χ0n) is 16.3. The molecule has 0 aliphatic heterocycles. The lowest BCUT2D eigenvalue weighted by molar-refractivity contribution is 0.0527. The number of para-hydroxylation sites is 2. The molecule has 3 rings (SSSR count). The molecule has 0 spiro atoms. The van der Waals surface area contributed by atoms with Crippen LogP contribution in [0.1, 0.15) is 35.6 Å². The summed E-state index contributed by atoms with van der Waals surface area (Å²) >= 11 is 0. The summed E-state index contributed by atoms with van der Waals surface area (Å²) in [6.07, 6.45) is 0.922. The van der Waals surface area contributed by atoms with Crippen molar-refractivity contribution in [2.24, 2.45) is 0 Å². The number of carbonyl (C=O) groups is 1. The Labute approximate surface area is 165 Å². The first-order valence-corrected chi connectivity index (χ1v) is 9.34. The minimum absolute atomic E-state index is 0.324. The first-order chi connectivity index (χ1) is 13.6. The fraction of sp³-hybridized carbons (Fsp3) is 0.227. The van der Waals surface area contributed by atoms with Gasteiger partial charge in [-0.1, -0.05) is 37.3 Å². The average Bonchev–Trinajstić information content (AvgIpc) is 2.68. The average molecular weight is 376 g/mol. The summed E-state index contributed by atoms with van der Waals surface area (Å²) in [5.41, 5.74) is 3.33. The van der Waals surface area contributed by atoms with Gasteiger partial charge in [0.1, 0.15) is 17.5 Å². The van der Waals surface area contributed by atoms with Crippen LogP contribution in [0.5, 0.6) is 0 Å². The normalized spacial score (nSPS) is 10.4. The minimum atomic E-state index is -0.369. The topological polar surface area (TPSA) is 76.1 Å². The van der Waals surface area contributed by atoms with Crippen molar-refractivity contribution in [2.45, 2.75) is 27.2 Å². The van der Waals surface area contributed by atoms with Gasteiger partial charge in [0.2, 0.25) is 0 Å². The molecule has 0 saturated heterocycles. The SMILES string of the molecule is CCOC(=O)c1ccccc1Nc1cc(Nc2ccccc2CC)nc(C)n1. The van der Waals surface area contributed by atoms with Crippen LogP contribution < -0.4 is 10.6 Å². The second kappa shape index (κ2) is 8.99. The van der Waals surface area contributed by atoms with Crippen LogP contribution in [0.2, 0.25) is 0 Å². The van der Waals surface area contributed by atoms with Gasteiger partial charge in [0.05, 0.1) is 17.9 Å². The van der Waals surface area contributed by atoms with E-state index in [1.807, 2.05) is 43.3 Å². The molecule has 0 unspecified atom stereocenters. The Kier molecular flexibility index (Phi) is 6.22. The Hall–Kier alpha value is -3.41. The molecule has 0 bridgehead atoms. The van der Waals surface area contributed by atoms with Gasteiger partial charge in [-0.15, -0.1) is 0 Å². The molecule has 1 aromatic heterocycles. The van der Waals surface area contributed by atoms with Gasteiger partial charge in [0.15, 0.2) is 0 Å². The predicted molar refractivity (Wildman–Crippen MR) is 112 cm³/mol.